The fourth-order valence-electron chi connectivity index (χ4n) is 2.58. The molecule has 0 radical (unpaired) electrons. The SMILES string of the molecule is CCC1CCC(O)(CNC(=O)CCCNC)CC1. The molecule has 1 saturated carbocycles. The molecule has 1 fully saturated rings. The summed E-state index contributed by atoms with van der Waals surface area (Å²) in [7, 11) is 1.88. The van der Waals surface area contributed by atoms with Crippen molar-refractivity contribution in [1.29, 1.82) is 0 Å². The Balaban J connectivity index is 2.19. The van der Waals surface area contributed by atoms with Crippen LogP contribution < -0.4 is 10.6 Å². The van der Waals surface area contributed by atoms with Gasteiger partial charge in [0.05, 0.1) is 5.60 Å². The second-order valence-corrected chi connectivity index (χ2v) is 5.56. The Morgan fingerprint density at radius 2 is 2.06 bits per heavy atom. The lowest BCUT2D eigenvalue weighted by Gasteiger charge is -2.35. The third kappa shape index (κ3) is 5.36. The van der Waals surface area contributed by atoms with Crippen molar-refractivity contribution < 1.29 is 9.90 Å². The first-order chi connectivity index (χ1) is 8.59. The van der Waals surface area contributed by atoms with Crippen molar-refractivity contribution in [2.24, 2.45) is 5.92 Å². The van der Waals surface area contributed by atoms with E-state index in [1.807, 2.05) is 7.05 Å². The summed E-state index contributed by atoms with van der Waals surface area (Å²) in [5.41, 5.74) is -0.662. The number of hydrogen-bond donors (Lipinski definition) is 3. The molecule has 1 rings (SSSR count). The number of nitrogens with one attached hydrogen (secondary N) is 2. The molecule has 18 heavy (non-hydrogen) atoms. The quantitative estimate of drug-likeness (QED) is 0.604. The maximum absolute atomic E-state index is 11.6. The van der Waals surface area contributed by atoms with Gasteiger partial charge in [-0.25, -0.2) is 0 Å². The van der Waals surface area contributed by atoms with Crippen molar-refractivity contribution in [1.82, 2.24) is 10.6 Å². The molecule has 0 aromatic carbocycles. The molecule has 1 aliphatic carbocycles. The summed E-state index contributed by atoms with van der Waals surface area (Å²) in [5, 5.41) is 16.3. The number of carbonyl (C=O) groups excluding carboxylic acids is 1. The van der Waals surface area contributed by atoms with Crippen LogP contribution in [0.2, 0.25) is 0 Å². The molecule has 1 amide bonds. The molecule has 1 aliphatic rings. The summed E-state index contributed by atoms with van der Waals surface area (Å²) in [6.07, 6.45) is 6.40. The smallest absolute Gasteiger partial charge is 0.220 e. The van der Waals surface area contributed by atoms with Gasteiger partial charge in [-0.3, -0.25) is 4.79 Å². The van der Waals surface area contributed by atoms with E-state index in [4.69, 9.17) is 0 Å². The number of hydrogen-bond acceptors (Lipinski definition) is 3. The molecule has 0 aromatic rings. The Hall–Kier alpha value is -0.610. The number of amides is 1. The minimum atomic E-state index is -0.662. The summed E-state index contributed by atoms with van der Waals surface area (Å²) in [4.78, 5) is 11.6. The standard InChI is InChI=1S/C14H28N2O2/c1-3-12-6-8-14(18,9-7-12)11-16-13(17)5-4-10-15-2/h12,15,18H,3-11H2,1-2H3,(H,16,17). The van der Waals surface area contributed by atoms with E-state index in [9.17, 15) is 9.90 Å². The van der Waals surface area contributed by atoms with E-state index in [0.29, 0.717) is 13.0 Å². The highest BCUT2D eigenvalue weighted by atomic mass is 16.3. The van der Waals surface area contributed by atoms with Crippen LogP contribution >= 0.6 is 0 Å². The summed E-state index contributed by atoms with van der Waals surface area (Å²) in [6.45, 7) is 3.48. The average molecular weight is 256 g/mol. The fraction of sp³-hybridized carbons (Fsp3) is 0.929. The molecule has 0 heterocycles. The Labute approximate surface area is 111 Å². The van der Waals surface area contributed by atoms with Gasteiger partial charge < -0.3 is 15.7 Å². The lowest BCUT2D eigenvalue weighted by Crippen LogP contribution is -2.45. The van der Waals surface area contributed by atoms with Crippen LogP contribution in [0.15, 0.2) is 0 Å². The Bertz CT molecular complexity index is 248. The topological polar surface area (TPSA) is 61.4 Å². The first-order valence-electron chi connectivity index (χ1n) is 7.23. The van der Waals surface area contributed by atoms with Gasteiger partial charge in [0, 0.05) is 13.0 Å². The maximum atomic E-state index is 11.6. The van der Waals surface area contributed by atoms with Crippen molar-refractivity contribution in [3.63, 3.8) is 0 Å². The Morgan fingerprint density at radius 1 is 1.39 bits per heavy atom. The van der Waals surface area contributed by atoms with Crippen molar-refractivity contribution in [3.05, 3.63) is 0 Å². The van der Waals surface area contributed by atoms with Gasteiger partial charge in [-0.1, -0.05) is 13.3 Å². The highest BCUT2D eigenvalue weighted by molar-refractivity contribution is 5.75. The van der Waals surface area contributed by atoms with E-state index in [-0.39, 0.29) is 5.91 Å². The normalized spacial score (nSPS) is 28.1. The van der Waals surface area contributed by atoms with Crippen LogP contribution in [0.25, 0.3) is 0 Å². The van der Waals surface area contributed by atoms with Crippen molar-refractivity contribution in [3.8, 4) is 0 Å². The van der Waals surface area contributed by atoms with Gasteiger partial charge in [0.1, 0.15) is 0 Å². The van der Waals surface area contributed by atoms with Gasteiger partial charge in [0.15, 0.2) is 0 Å². The van der Waals surface area contributed by atoms with Gasteiger partial charge in [-0.05, 0) is 51.6 Å². The van der Waals surface area contributed by atoms with Crippen molar-refractivity contribution in [2.45, 2.75) is 57.5 Å². The molecule has 0 aromatic heterocycles. The van der Waals surface area contributed by atoms with E-state index in [0.717, 1.165) is 44.6 Å². The van der Waals surface area contributed by atoms with Gasteiger partial charge in [0.2, 0.25) is 5.91 Å². The molecular formula is C14H28N2O2. The zero-order chi connectivity index (χ0) is 13.4. The van der Waals surface area contributed by atoms with Crippen LogP contribution in [0.3, 0.4) is 0 Å². The third-order valence-corrected chi connectivity index (χ3v) is 4.06. The lowest BCUT2D eigenvalue weighted by molar-refractivity contribution is -0.123. The molecule has 0 saturated heterocycles. The fourth-order valence-corrected chi connectivity index (χ4v) is 2.58. The molecule has 3 N–H and O–H groups in total. The van der Waals surface area contributed by atoms with Gasteiger partial charge in [0.25, 0.3) is 0 Å². The number of rotatable bonds is 7. The predicted octanol–water partition coefficient (Wildman–Crippen LogP) is 1.43. The van der Waals surface area contributed by atoms with Gasteiger partial charge in [-0.2, -0.15) is 0 Å². The van der Waals surface area contributed by atoms with Gasteiger partial charge in [-0.15, -0.1) is 0 Å². The zero-order valence-electron chi connectivity index (χ0n) is 11.8. The summed E-state index contributed by atoms with van der Waals surface area (Å²) in [6, 6.07) is 0. The average Bonchev–Trinajstić information content (AvgIpc) is 2.38. The van der Waals surface area contributed by atoms with E-state index < -0.39 is 5.60 Å². The molecule has 0 spiro atoms. The largest absolute Gasteiger partial charge is 0.388 e. The van der Waals surface area contributed by atoms with E-state index >= 15 is 0 Å². The minimum Gasteiger partial charge on any atom is -0.388 e. The summed E-state index contributed by atoms with van der Waals surface area (Å²) in [5.74, 6) is 0.813. The molecule has 4 nitrogen and oxygen atoms in total. The summed E-state index contributed by atoms with van der Waals surface area (Å²) >= 11 is 0. The molecule has 4 heteroatoms. The number of carbonyl (C=O) groups is 1. The molecule has 0 aliphatic heterocycles. The minimum absolute atomic E-state index is 0.0521. The first kappa shape index (κ1) is 15.4. The lowest BCUT2D eigenvalue weighted by atomic mass is 9.78. The van der Waals surface area contributed by atoms with E-state index in [1.54, 1.807) is 0 Å². The predicted molar refractivity (Wildman–Crippen MR) is 73.4 cm³/mol. The first-order valence-corrected chi connectivity index (χ1v) is 7.23. The molecule has 0 bridgehead atoms. The van der Waals surface area contributed by atoms with E-state index in [1.165, 1.54) is 6.42 Å². The van der Waals surface area contributed by atoms with Crippen LogP contribution in [-0.4, -0.2) is 36.8 Å². The maximum Gasteiger partial charge on any atom is 0.220 e. The summed E-state index contributed by atoms with van der Waals surface area (Å²) < 4.78 is 0. The van der Waals surface area contributed by atoms with Crippen molar-refractivity contribution >= 4 is 5.91 Å². The second kappa shape index (κ2) is 7.74. The van der Waals surface area contributed by atoms with Crippen LogP contribution in [0.1, 0.15) is 51.9 Å². The Kier molecular flexibility index (Phi) is 6.65. The number of aliphatic hydroxyl groups is 1. The monoisotopic (exact) mass is 256 g/mol. The highest BCUT2D eigenvalue weighted by Crippen LogP contribution is 2.33. The molecule has 106 valence electrons. The third-order valence-electron chi connectivity index (χ3n) is 4.06. The second-order valence-electron chi connectivity index (χ2n) is 5.56. The Morgan fingerprint density at radius 3 is 2.61 bits per heavy atom. The molecular weight excluding hydrogens is 228 g/mol. The van der Waals surface area contributed by atoms with Crippen molar-refractivity contribution in [2.75, 3.05) is 20.1 Å². The van der Waals surface area contributed by atoms with Crippen LogP contribution in [0.4, 0.5) is 0 Å². The van der Waals surface area contributed by atoms with Crippen LogP contribution in [0, 0.1) is 5.92 Å². The van der Waals surface area contributed by atoms with Crippen LogP contribution in [0.5, 0.6) is 0 Å². The zero-order valence-corrected chi connectivity index (χ0v) is 11.8. The molecule has 0 atom stereocenters. The van der Waals surface area contributed by atoms with Gasteiger partial charge >= 0.3 is 0 Å². The van der Waals surface area contributed by atoms with Crippen LogP contribution in [-0.2, 0) is 4.79 Å². The highest BCUT2D eigenvalue weighted by Gasteiger charge is 2.32. The van der Waals surface area contributed by atoms with E-state index in [2.05, 4.69) is 17.6 Å². The molecule has 0 unspecified atom stereocenters.